The van der Waals surface area contributed by atoms with Crippen LogP contribution < -0.4 is 16.4 Å². The van der Waals surface area contributed by atoms with Crippen LogP contribution in [0.1, 0.15) is 17.9 Å². The summed E-state index contributed by atoms with van der Waals surface area (Å²) in [4.78, 5) is 11.3. The third-order valence-corrected chi connectivity index (χ3v) is 4.85. The number of anilines is 5. The van der Waals surface area contributed by atoms with Crippen molar-refractivity contribution in [2.24, 2.45) is 7.05 Å². The number of hydrogen-bond donors (Lipinski definition) is 3. The molecule has 8 nitrogen and oxygen atoms in total. The van der Waals surface area contributed by atoms with Gasteiger partial charge in [-0.15, -0.1) is 0 Å². The zero-order valence-corrected chi connectivity index (χ0v) is 15.9. The molecule has 1 saturated heterocycles. The molecular formula is C19H23FN8. The molecule has 0 aliphatic carbocycles. The van der Waals surface area contributed by atoms with Crippen molar-refractivity contribution in [2.45, 2.75) is 12.3 Å². The second-order valence-electron chi connectivity index (χ2n) is 7.14. The lowest BCUT2D eigenvalue weighted by molar-refractivity contribution is 0.411. The van der Waals surface area contributed by atoms with Crippen LogP contribution in [-0.2, 0) is 7.05 Å². The van der Waals surface area contributed by atoms with Gasteiger partial charge < -0.3 is 21.3 Å². The van der Waals surface area contributed by atoms with Crippen molar-refractivity contribution >= 4 is 28.8 Å². The molecule has 1 aromatic carbocycles. The fourth-order valence-corrected chi connectivity index (χ4v) is 3.42. The molecule has 0 radical (unpaired) electrons. The highest BCUT2D eigenvalue weighted by molar-refractivity contribution is 5.66. The predicted octanol–water partition coefficient (Wildman–Crippen LogP) is 2.84. The van der Waals surface area contributed by atoms with Gasteiger partial charge in [0.2, 0.25) is 5.95 Å². The van der Waals surface area contributed by atoms with Crippen LogP contribution in [0.3, 0.4) is 0 Å². The van der Waals surface area contributed by atoms with E-state index in [9.17, 15) is 4.39 Å². The third kappa shape index (κ3) is 3.89. The van der Waals surface area contributed by atoms with Gasteiger partial charge in [-0.2, -0.15) is 10.1 Å². The van der Waals surface area contributed by atoms with Crippen LogP contribution in [0.25, 0.3) is 0 Å². The summed E-state index contributed by atoms with van der Waals surface area (Å²) in [6, 6.07) is 4.44. The first-order valence-electron chi connectivity index (χ1n) is 9.11. The Morgan fingerprint density at radius 1 is 1.21 bits per heavy atom. The molecule has 9 heteroatoms. The van der Waals surface area contributed by atoms with Gasteiger partial charge >= 0.3 is 0 Å². The van der Waals surface area contributed by atoms with Gasteiger partial charge in [0.05, 0.1) is 17.6 Å². The second kappa shape index (κ2) is 7.43. The molecule has 146 valence electrons. The summed E-state index contributed by atoms with van der Waals surface area (Å²) < 4.78 is 16.0. The van der Waals surface area contributed by atoms with Gasteiger partial charge in [-0.3, -0.25) is 4.68 Å². The highest BCUT2D eigenvalue weighted by atomic mass is 19.1. The number of nitrogen functional groups attached to an aromatic ring is 1. The number of nitrogens with two attached hydrogens (primary N) is 1. The molecule has 0 saturated carbocycles. The lowest BCUT2D eigenvalue weighted by atomic mass is 10.0. The fraction of sp³-hybridized carbons (Fsp3) is 0.316. The van der Waals surface area contributed by atoms with Crippen molar-refractivity contribution in [1.29, 1.82) is 0 Å². The molecule has 0 spiro atoms. The van der Waals surface area contributed by atoms with E-state index in [1.807, 2.05) is 19.4 Å². The molecule has 1 unspecified atom stereocenters. The summed E-state index contributed by atoms with van der Waals surface area (Å²) in [7, 11) is 3.92. The number of benzene rings is 1. The quantitative estimate of drug-likeness (QED) is 0.584. The largest absolute Gasteiger partial charge is 0.399 e. The van der Waals surface area contributed by atoms with E-state index in [0.29, 0.717) is 23.1 Å². The first kappa shape index (κ1) is 18.2. The Labute approximate surface area is 162 Å². The molecule has 0 amide bonds. The number of likely N-dealkylation sites (tertiary alicyclic amines) is 1. The highest BCUT2D eigenvalue weighted by Crippen LogP contribution is 2.33. The smallest absolute Gasteiger partial charge is 0.229 e. The van der Waals surface area contributed by atoms with Gasteiger partial charge in [0.25, 0.3) is 0 Å². The number of halogens is 1. The van der Waals surface area contributed by atoms with Crippen LogP contribution in [0.4, 0.5) is 33.2 Å². The van der Waals surface area contributed by atoms with Gasteiger partial charge in [0, 0.05) is 43.2 Å². The highest BCUT2D eigenvalue weighted by Gasteiger charge is 2.25. The number of likely N-dealkylation sites (N-methyl/N-ethyl adjacent to an activating group) is 1. The molecule has 3 aromatic rings. The monoisotopic (exact) mass is 382 g/mol. The van der Waals surface area contributed by atoms with Crippen molar-refractivity contribution < 1.29 is 4.39 Å². The van der Waals surface area contributed by atoms with Crippen molar-refractivity contribution in [3.8, 4) is 0 Å². The summed E-state index contributed by atoms with van der Waals surface area (Å²) in [5.74, 6) is 0.884. The maximum absolute atomic E-state index is 14.3. The Kier molecular flexibility index (Phi) is 4.82. The number of aromatic nitrogens is 4. The minimum Gasteiger partial charge on any atom is -0.399 e. The van der Waals surface area contributed by atoms with E-state index < -0.39 is 0 Å². The minimum absolute atomic E-state index is 0.282. The van der Waals surface area contributed by atoms with E-state index in [0.717, 1.165) is 30.8 Å². The van der Waals surface area contributed by atoms with Crippen LogP contribution in [0, 0.1) is 5.82 Å². The first-order chi connectivity index (χ1) is 13.5. The summed E-state index contributed by atoms with van der Waals surface area (Å²) in [6.45, 7) is 1.92. The molecule has 28 heavy (non-hydrogen) atoms. The number of rotatable bonds is 5. The predicted molar refractivity (Wildman–Crippen MR) is 107 cm³/mol. The normalized spacial score (nSPS) is 17.0. The zero-order chi connectivity index (χ0) is 19.7. The molecule has 1 atom stereocenters. The lowest BCUT2D eigenvalue weighted by Crippen LogP contribution is -2.14. The minimum atomic E-state index is -0.385. The standard InChI is InChI=1S/C19H23FN8/c1-27-6-5-12(10-27)15-9-22-19(24-14-8-23-28(2)11-14)26-18(15)25-17-7-13(21)3-4-16(17)20/h3-4,7-9,11-12H,5-6,10,21H2,1-2H3,(H2,22,24,25,26). The zero-order valence-electron chi connectivity index (χ0n) is 15.9. The second-order valence-corrected chi connectivity index (χ2v) is 7.14. The molecule has 1 aliphatic heterocycles. The van der Waals surface area contributed by atoms with Crippen LogP contribution >= 0.6 is 0 Å². The van der Waals surface area contributed by atoms with Crippen molar-refractivity contribution in [3.63, 3.8) is 0 Å². The van der Waals surface area contributed by atoms with Crippen molar-refractivity contribution in [2.75, 3.05) is 36.5 Å². The lowest BCUT2D eigenvalue weighted by Gasteiger charge is -2.17. The maximum Gasteiger partial charge on any atom is 0.229 e. The van der Waals surface area contributed by atoms with E-state index in [-0.39, 0.29) is 11.7 Å². The fourth-order valence-electron chi connectivity index (χ4n) is 3.42. The third-order valence-electron chi connectivity index (χ3n) is 4.85. The van der Waals surface area contributed by atoms with E-state index in [1.54, 1.807) is 16.9 Å². The maximum atomic E-state index is 14.3. The molecular weight excluding hydrogens is 359 g/mol. The van der Waals surface area contributed by atoms with Gasteiger partial charge in [-0.05, 0) is 38.2 Å². The van der Waals surface area contributed by atoms with Crippen molar-refractivity contribution in [1.82, 2.24) is 24.6 Å². The van der Waals surface area contributed by atoms with Gasteiger partial charge in [-0.1, -0.05) is 0 Å². The van der Waals surface area contributed by atoms with Crippen LogP contribution in [0.2, 0.25) is 0 Å². The average Bonchev–Trinajstić information content (AvgIpc) is 3.27. The Balaban J connectivity index is 1.68. The summed E-state index contributed by atoms with van der Waals surface area (Å²) >= 11 is 0. The van der Waals surface area contributed by atoms with E-state index >= 15 is 0 Å². The van der Waals surface area contributed by atoms with Crippen LogP contribution in [-0.4, -0.2) is 44.8 Å². The Morgan fingerprint density at radius 2 is 2.07 bits per heavy atom. The molecule has 4 N–H and O–H groups in total. The number of nitrogens with zero attached hydrogens (tertiary/aromatic N) is 5. The van der Waals surface area contributed by atoms with Crippen LogP contribution in [0.5, 0.6) is 0 Å². The van der Waals surface area contributed by atoms with Gasteiger partial charge in [0.1, 0.15) is 11.6 Å². The van der Waals surface area contributed by atoms with E-state index in [1.165, 1.54) is 12.1 Å². The summed E-state index contributed by atoms with van der Waals surface area (Å²) in [6.07, 6.45) is 6.33. The number of hydrogen-bond acceptors (Lipinski definition) is 7. The van der Waals surface area contributed by atoms with Crippen LogP contribution in [0.15, 0.2) is 36.8 Å². The molecule has 3 heterocycles. The Morgan fingerprint density at radius 3 is 2.79 bits per heavy atom. The number of aryl methyl sites for hydroxylation is 1. The molecule has 1 fully saturated rings. The van der Waals surface area contributed by atoms with E-state index in [2.05, 4.69) is 37.6 Å². The summed E-state index contributed by atoms with van der Waals surface area (Å²) in [5, 5.41) is 10.4. The molecule has 1 aliphatic rings. The van der Waals surface area contributed by atoms with Gasteiger partial charge in [0.15, 0.2) is 0 Å². The van der Waals surface area contributed by atoms with Crippen molar-refractivity contribution in [3.05, 3.63) is 48.2 Å². The number of nitrogens with one attached hydrogen (secondary N) is 2. The summed E-state index contributed by atoms with van der Waals surface area (Å²) in [5.41, 5.74) is 8.33. The Bertz CT molecular complexity index is 986. The average molecular weight is 382 g/mol. The topological polar surface area (TPSA) is 96.9 Å². The van der Waals surface area contributed by atoms with Gasteiger partial charge in [-0.25, -0.2) is 9.37 Å². The SMILES string of the molecule is CN1CCC(c2cnc(Nc3cnn(C)c3)nc2Nc2cc(N)ccc2F)C1. The molecule has 2 aromatic heterocycles. The molecule has 4 rings (SSSR count). The molecule has 0 bridgehead atoms. The first-order valence-corrected chi connectivity index (χ1v) is 9.11. The van der Waals surface area contributed by atoms with E-state index in [4.69, 9.17) is 5.73 Å². The Hall–Kier alpha value is -3.20.